The van der Waals surface area contributed by atoms with Crippen molar-refractivity contribution in [3.63, 3.8) is 0 Å². The summed E-state index contributed by atoms with van der Waals surface area (Å²) in [6.07, 6.45) is 6.83. The summed E-state index contributed by atoms with van der Waals surface area (Å²) >= 11 is 0. The van der Waals surface area contributed by atoms with Crippen LogP contribution in [0.5, 0.6) is 0 Å². The van der Waals surface area contributed by atoms with E-state index in [0.717, 1.165) is 46.4 Å². The van der Waals surface area contributed by atoms with Gasteiger partial charge in [-0.3, -0.25) is 9.78 Å². The fourth-order valence-electron chi connectivity index (χ4n) is 4.03. The molecule has 134 valence electrons. The molecule has 1 amide bonds. The zero-order chi connectivity index (χ0) is 18.1. The number of hydrogen-bond donors (Lipinski definition) is 1. The number of carbonyl (C=O) groups is 1. The number of benzene rings is 1. The third kappa shape index (κ3) is 3.09. The number of fused-ring (bicyclic) bond motifs is 1. The van der Waals surface area contributed by atoms with Crippen LogP contribution in [0, 0.1) is 13.8 Å². The summed E-state index contributed by atoms with van der Waals surface area (Å²) in [6.45, 7) is 4.05. The molecule has 1 fully saturated rings. The lowest BCUT2D eigenvalue weighted by Gasteiger charge is -2.16. The Morgan fingerprint density at radius 3 is 2.77 bits per heavy atom. The Bertz CT molecular complexity index is 954. The zero-order valence-electron chi connectivity index (χ0n) is 15.3. The molecule has 5 nitrogen and oxygen atoms in total. The van der Waals surface area contributed by atoms with Gasteiger partial charge in [0.25, 0.3) is 0 Å². The smallest absolute Gasteiger partial charge is 0.230 e. The van der Waals surface area contributed by atoms with Crippen LogP contribution in [0.1, 0.15) is 48.5 Å². The Hall–Kier alpha value is -2.69. The molecule has 0 radical (unpaired) electrons. The van der Waals surface area contributed by atoms with E-state index in [1.807, 2.05) is 35.9 Å². The summed E-state index contributed by atoms with van der Waals surface area (Å²) in [6, 6.07) is 10.4. The van der Waals surface area contributed by atoms with Crippen LogP contribution in [0.3, 0.4) is 0 Å². The van der Waals surface area contributed by atoms with Crippen molar-refractivity contribution < 1.29 is 4.79 Å². The molecule has 1 saturated carbocycles. The molecular weight excluding hydrogens is 324 g/mol. The van der Waals surface area contributed by atoms with Gasteiger partial charge in [0.2, 0.25) is 5.91 Å². The molecular formula is C21H24N4O. The summed E-state index contributed by atoms with van der Waals surface area (Å²) < 4.78 is 1.98. The van der Waals surface area contributed by atoms with Gasteiger partial charge in [0.1, 0.15) is 5.82 Å². The predicted octanol–water partition coefficient (Wildman–Crippen LogP) is 4.34. The molecule has 1 N–H and O–H groups in total. The normalized spacial score (nSPS) is 14.8. The van der Waals surface area contributed by atoms with Crippen LogP contribution in [-0.2, 0) is 11.2 Å². The third-order valence-electron chi connectivity index (χ3n) is 5.43. The lowest BCUT2D eigenvalue weighted by atomic mass is 9.99. The average molecular weight is 348 g/mol. The Balaban J connectivity index is 1.56. The lowest BCUT2D eigenvalue weighted by molar-refractivity contribution is -0.115. The van der Waals surface area contributed by atoms with Gasteiger partial charge >= 0.3 is 0 Å². The fraction of sp³-hybridized carbons (Fsp3) is 0.381. The summed E-state index contributed by atoms with van der Waals surface area (Å²) in [5, 5.41) is 8.58. The maximum Gasteiger partial charge on any atom is 0.230 e. The van der Waals surface area contributed by atoms with E-state index < -0.39 is 0 Å². The van der Waals surface area contributed by atoms with Crippen molar-refractivity contribution in [2.75, 3.05) is 5.32 Å². The van der Waals surface area contributed by atoms with E-state index in [1.165, 1.54) is 12.8 Å². The van der Waals surface area contributed by atoms with Crippen molar-refractivity contribution in [1.82, 2.24) is 14.8 Å². The minimum absolute atomic E-state index is 0.0203. The highest BCUT2D eigenvalue weighted by Crippen LogP contribution is 2.31. The van der Waals surface area contributed by atoms with Gasteiger partial charge in [0.15, 0.2) is 0 Å². The van der Waals surface area contributed by atoms with E-state index in [1.54, 1.807) is 6.20 Å². The standard InChI is InChI=1S/C21H24N4O/c1-14-17-9-5-6-10-19(17)23-15(2)18(14)13-21(26)24-20-11-12-22-25(20)16-7-3-4-8-16/h5-6,9-12,16H,3-4,7-8,13H2,1-2H3,(H,24,26). The van der Waals surface area contributed by atoms with E-state index in [0.29, 0.717) is 12.5 Å². The quantitative estimate of drug-likeness (QED) is 0.763. The number of amides is 1. The molecule has 0 spiro atoms. The number of aryl methyl sites for hydroxylation is 2. The molecule has 1 aliphatic carbocycles. The average Bonchev–Trinajstić information content (AvgIpc) is 3.30. The fourth-order valence-corrected chi connectivity index (χ4v) is 4.03. The van der Waals surface area contributed by atoms with Crippen LogP contribution < -0.4 is 5.32 Å². The topological polar surface area (TPSA) is 59.8 Å². The highest BCUT2D eigenvalue weighted by Gasteiger charge is 2.21. The first-order valence-corrected chi connectivity index (χ1v) is 9.31. The summed E-state index contributed by atoms with van der Waals surface area (Å²) in [4.78, 5) is 17.4. The Morgan fingerprint density at radius 1 is 1.19 bits per heavy atom. The molecule has 0 atom stereocenters. The van der Waals surface area contributed by atoms with Gasteiger partial charge in [-0.25, -0.2) is 4.68 Å². The monoisotopic (exact) mass is 348 g/mol. The molecule has 1 aliphatic rings. The molecule has 0 bridgehead atoms. The van der Waals surface area contributed by atoms with Crippen molar-refractivity contribution >= 4 is 22.6 Å². The highest BCUT2D eigenvalue weighted by atomic mass is 16.1. The van der Waals surface area contributed by atoms with Crippen molar-refractivity contribution in [3.8, 4) is 0 Å². The highest BCUT2D eigenvalue weighted by molar-refractivity contribution is 5.93. The van der Waals surface area contributed by atoms with Crippen molar-refractivity contribution in [1.29, 1.82) is 0 Å². The van der Waals surface area contributed by atoms with E-state index in [9.17, 15) is 4.79 Å². The molecule has 1 aromatic carbocycles. The second-order valence-electron chi connectivity index (χ2n) is 7.14. The Labute approximate surface area is 153 Å². The molecule has 0 unspecified atom stereocenters. The zero-order valence-corrected chi connectivity index (χ0v) is 15.3. The van der Waals surface area contributed by atoms with Gasteiger partial charge in [0.05, 0.1) is 24.2 Å². The molecule has 2 heterocycles. The molecule has 2 aromatic heterocycles. The van der Waals surface area contributed by atoms with Crippen LogP contribution in [0.4, 0.5) is 5.82 Å². The molecule has 4 rings (SSSR count). The summed E-state index contributed by atoms with van der Waals surface area (Å²) in [5.41, 5.74) is 4.03. The molecule has 0 saturated heterocycles. The number of carbonyl (C=O) groups excluding carboxylic acids is 1. The first-order chi connectivity index (χ1) is 12.6. The van der Waals surface area contributed by atoms with Crippen molar-refractivity contribution in [3.05, 3.63) is 53.3 Å². The van der Waals surface area contributed by atoms with Gasteiger partial charge < -0.3 is 5.32 Å². The Morgan fingerprint density at radius 2 is 1.96 bits per heavy atom. The number of rotatable bonds is 4. The van der Waals surface area contributed by atoms with Crippen LogP contribution in [0.2, 0.25) is 0 Å². The second-order valence-corrected chi connectivity index (χ2v) is 7.14. The van der Waals surface area contributed by atoms with Crippen molar-refractivity contribution in [2.45, 2.75) is 52.0 Å². The van der Waals surface area contributed by atoms with Crippen LogP contribution in [0.15, 0.2) is 36.5 Å². The van der Waals surface area contributed by atoms with E-state index >= 15 is 0 Å². The third-order valence-corrected chi connectivity index (χ3v) is 5.43. The van der Waals surface area contributed by atoms with Gasteiger partial charge in [-0.05, 0) is 43.9 Å². The predicted molar refractivity (Wildman–Crippen MR) is 103 cm³/mol. The van der Waals surface area contributed by atoms with Crippen LogP contribution >= 0.6 is 0 Å². The summed E-state index contributed by atoms with van der Waals surface area (Å²) in [7, 11) is 0. The lowest BCUT2D eigenvalue weighted by Crippen LogP contribution is -2.20. The van der Waals surface area contributed by atoms with E-state index in [-0.39, 0.29) is 5.91 Å². The number of hydrogen-bond acceptors (Lipinski definition) is 3. The maximum atomic E-state index is 12.7. The van der Waals surface area contributed by atoms with Crippen LogP contribution in [-0.4, -0.2) is 20.7 Å². The number of para-hydroxylation sites is 1. The number of anilines is 1. The van der Waals surface area contributed by atoms with Crippen molar-refractivity contribution in [2.24, 2.45) is 0 Å². The maximum absolute atomic E-state index is 12.7. The van der Waals surface area contributed by atoms with Gasteiger partial charge in [-0.2, -0.15) is 5.10 Å². The van der Waals surface area contributed by atoms with Gasteiger partial charge in [-0.1, -0.05) is 31.0 Å². The number of pyridine rings is 1. The molecule has 26 heavy (non-hydrogen) atoms. The number of nitrogens with zero attached hydrogens (tertiary/aromatic N) is 3. The minimum Gasteiger partial charge on any atom is -0.311 e. The summed E-state index contributed by atoms with van der Waals surface area (Å²) in [5.74, 6) is 0.777. The van der Waals surface area contributed by atoms with Gasteiger partial charge in [0, 0.05) is 17.1 Å². The largest absolute Gasteiger partial charge is 0.311 e. The van der Waals surface area contributed by atoms with Crippen LogP contribution in [0.25, 0.3) is 10.9 Å². The molecule has 3 aromatic rings. The SMILES string of the molecule is Cc1nc2ccccc2c(C)c1CC(=O)Nc1ccnn1C1CCCC1. The second kappa shape index (κ2) is 6.90. The molecule has 0 aliphatic heterocycles. The first kappa shape index (κ1) is 16.8. The Kier molecular flexibility index (Phi) is 4.45. The van der Waals surface area contributed by atoms with E-state index in [4.69, 9.17) is 0 Å². The van der Waals surface area contributed by atoms with E-state index in [2.05, 4.69) is 28.4 Å². The molecule has 5 heteroatoms. The first-order valence-electron chi connectivity index (χ1n) is 9.31. The minimum atomic E-state index is -0.0203. The number of aromatic nitrogens is 3. The van der Waals surface area contributed by atoms with Gasteiger partial charge in [-0.15, -0.1) is 0 Å². The number of nitrogens with one attached hydrogen (secondary N) is 1.